The Morgan fingerprint density at radius 1 is 1.25 bits per heavy atom. The molecule has 2 aromatic heterocycles. The van der Waals surface area contributed by atoms with Gasteiger partial charge in [-0.1, -0.05) is 29.3 Å². The van der Waals surface area contributed by atoms with E-state index in [4.69, 9.17) is 23.2 Å². The van der Waals surface area contributed by atoms with E-state index in [9.17, 15) is 9.90 Å². The third-order valence-electron chi connectivity index (χ3n) is 3.93. The van der Waals surface area contributed by atoms with Crippen LogP contribution in [0.1, 0.15) is 15.2 Å². The lowest BCUT2D eigenvalue weighted by molar-refractivity contribution is 0.0920. The summed E-state index contributed by atoms with van der Waals surface area (Å²) in [4.78, 5) is 22.2. The molecule has 6 nitrogen and oxygen atoms in total. The van der Waals surface area contributed by atoms with Crippen LogP contribution in [0.15, 0.2) is 42.6 Å². The molecule has 0 radical (unpaired) electrons. The molecule has 0 saturated carbocycles. The number of aliphatic hydroxyl groups is 1. The van der Waals surface area contributed by atoms with Crippen molar-refractivity contribution in [2.75, 3.05) is 18.9 Å². The quantitative estimate of drug-likeness (QED) is 0.522. The van der Waals surface area contributed by atoms with Crippen molar-refractivity contribution < 1.29 is 9.90 Å². The summed E-state index contributed by atoms with van der Waals surface area (Å²) in [7, 11) is 1.74. The van der Waals surface area contributed by atoms with Gasteiger partial charge in [-0.05, 0) is 35.9 Å². The highest BCUT2D eigenvalue weighted by atomic mass is 35.5. The summed E-state index contributed by atoms with van der Waals surface area (Å²) in [6, 6.07) is 10.5. The standard InChI is InChI=1S/C19H18Cl2N4O2S/c1-22-19-23-7-6-15(25-19)16-4-5-17(28-16)18(27)24-10-13(26)8-11-2-3-12(20)9-14(11)21/h2-7,9,13,26H,8,10H2,1H3,(H,24,27)(H,22,23,25). The maximum absolute atomic E-state index is 12.4. The molecule has 0 fully saturated rings. The molecule has 0 aliphatic carbocycles. The van der Waals surface area contributed by atoms with Crippen LogP contribution < -0.4 is 10.6 Å². The van der Waals surface area contributed by atoms with Gasteiger partial charge in [-0.2, -0.15) is 0 Å². The molecule has 1 aromatic carbocycles. The summed E-state index contributed by atoms with van der Waals surface area (Å²) in [5, 5.41) is 16.9. The van der Waals surface area contributed by atoms with Crippen LogP contribution in [0, 0.1) is 0 Å². The average molecular weight is 437 g/mol. The minimum atomic E-state index is -0.762. The van der Waals surface area contributed by atoms with Crippen LogP contribution in [0.4, 0.5) is 5.95 Å². The van der Waals surface area contributed by atoms with E-state index in [1.54, 1.807) is 43.6 Å². The highest BCUT2D eigenvalue weighted by molar-refractivity contribution is 7.17. The summed E-state index contributed by atoms with van der Waals surface area (Å²) in [6.45, 7) is 0.114. The van der Waals surface area contributed by atoms with Gasteiger partial charge in [-0.25, -0.2) is 9.97 Å². The van der Waals surface area contributed by atoms with Crippen LogP contribution in [-0.2, 0) is 6.42 Å². The van der Waals surface area contributed by atoms with Crippen molar-refractivity contribution in [2.24, 2.45) is 0 Å². The fraction of sp³-hybridized carbons (Fsp3) is 0.211. The molecule has 0 aliphatic rings. The number of carbonyl (C=O) groups excluding carboxylic acids is 1. The van der Waals surface area contributed by atoms with Crippen LogP contribution in [-0.4, -0.2) is 40.7 Å². The number of aliphatic hydroxyl groups excluding tert-OH is 1. The third-order valence-corrected chi connectivity index (χ3v) is 5.62. The summed E-state index contributed by atoms with van der Waals surface area (Å²) >= 11 is 13.3. The molecule has 0 spiro atoms. The van der Waals surface area contributed by atoms with E-state index in [0.717, 1.165) is 16.1 Å². The maximum atomic E-state index is 12.4. The van der Waals surface area contributed by atoms with Gasteiger partial charge >= 0.3 is 0 Å². The lowest BCUT2D eigenvalue weighted by atomic mass is 10.1. The average Bonchev–Trinajstić information content (AvgIpc) is 3.19. The van der Waals surface area contributed by atoms with Crippen molar-refractivity contribution >= 4 is 46.4 Å². The second kappa shape index (κ2) is 9.34. The Hall–Kier alpha value is -2.19. The van der Waals surface area contributed by atoms with E-state index >= 15 is 0 Å². The normalized spacial score (nSPS) is 11.9. The summed E-state index contributed by atoms with van der Waals surface area (Å²) in [5.74, 6) is 0.265. The number of rotatable bonds is 7. The highest BCUT2D eigenvalue weighted by Gasteiger charge is 2.14. The third kappa shape index (κ3) is 5.20. The zero-order valence-corrected chi connectivity index (χ0v) is 17.3. The first-order valence-electron chi connectivity index (χ1n) is 8.47. The van der Waals surface area contributed by atoms with E-state index in [1.807, 2.05) is 6.07 Å². The van der Waals surface area contributed by atoms with Gasteiger partial charge in [0.15, 0.2) is 0 Å². The number of hydrogen-bond donors (Lipinski definition) is 3. The van der Waals surface area contributed by atoms with Gasteiger partial charge in [0.25, 0.3) is 5.91 Å². The minimum Gasteiger partial charge on any atom is -0.391 e. The van der Waals surface area contributed by atoms with E-state index in [0.29, 0.717) is 27.3 Å². The fourth-order valence-electron chi connectivity index (χ4n) is 2.52. The number of nitrogens with zero attached hydrogens (tertiary/aromatic N) is 2. The topological polar surface area (TPSA) is 87.1 Å². The summed E-state index contributed by atoms with van der Waals surface area (Å²) in [5.41, 5.74) is 1.51. The number of amides is 1. The predicted molar refractivity (Wildman–Crippen MR) is 113 cm³/mol. The molecule has 0 saturated heterocycles. The first-order chi connectivity index (χ1) is 13.5. The first kappa shape index (κ1) is 20.5. The molecule has 3 N–H and O–H groups in total. The number of hydrogen-bond acceptors (Lipinski definition) is 6. The van der Waals surface area contributed by atoms with Crippen LogP contribution in [0.25, 0.3) is 10.6 Å². The molecule has 0 aliphatic heterocycles. The van der Waals surface area contributed by atoms with Crippen LogP contribution in [0.3, 0.4) is 0 Å². The smallest absolute Gasteiger partial charge is 0.261 e. The second-order valence-corrected chi connectivity index (χ2v) is 7.91. The van der Waals surface area contributed by atoms with Crippen LogP contribution in [0.2, 0.25) is 10.0 Å². The van der Waals surface area contributed by atoms with E-state index in [2.05, 4.69) is 20.6 Å². The van der Waals surface area contributed by atoms with Gasteiger partial charge in [0, 0.05) is 36.3 Å². The van der Waals surface area contributed by atoms with E-state index < -0.39 is 6.10 Å². The molecule has 146 valence electrons. The van der Waals surface area contributed by atoms with E-state index in [1.165, 1.54) is 11.3 Å². The zero-order chi connectivity index (χ0) is 20.1. The fourth-order valence-corrected chi connectivity index (χ4v) is 3.90. The number of carbonyl (C=O) groups is 1. The molecule has 1 amide bonds. The van der Waals surface area contributed by atoms with Crippen molar-refractivity contribution in [3.05, 3.63) is 63.1 Å². The van der Waals surface area contributed by atoms with Gasteiger partial charge in [0.1, 0.15) is 0 Å². The SMILES string of the molecule is CNc1nccc(-c2ccc(C(=O)NCC(O)Cc3ccc(Cl)cc3Cl)s2)n1. The number of anilines is 1. The number of thiophene rings is 1. The Morgan fingerprint density at radius 3 is 2.82 bits per heavy atom. The lowest BCUT2D eigenvalue weighted by Gasteiger charge is -2.12. The van der Waals surface area contributed by atoms with Gasteiger partial charge in [-0.15, -0.1) is 11.3 Å². The molecular weight excluding hydrogens is 419 g/mol. The molecule has 2 heterocycles. The predicted octanol–water partition coefficient (Wildman–Crippen LogP) is 3.89. The molecule has 28 heavy (non-hydrogen) atoms. The molecule has 0 bridgehead atoms. The van der Waals surface area contributed by atoms with E-state index in [-0.39, 0.29) is 12.5 Å². The molecule has 1 unspecified atom stereocenters. The van der Waals surface area contributed by atoms with Crippen molar-refractivity contribution in [1.29, 1.82) is 0 Å². The number of benzene rings is 1. The van der Waals surface area contributed by atoms with Crippen molar-refractivity contribution in [3.8, 4) is 10.6 Å². The van der Waals surface area contributed by atoms with Crippen LogP contribution in [0.5, 0.6) is 0 Å². The van der Waals surface area contributed by atoms with Gasteiger partial charge in [0.05, 0.1) is 21.6 Å². The molecule has 1 atom stereocenters. The van der Waals surface area contributed by atoms with Crippen molar-refractivity contribution in [3.63, 3.8) is 0 Å². The Labute approximate surface area is 176 Å². The highest BCUT2D eigenvalue weighted by Crippen LogP contribution is 2.27. The Bertz CT molecular complexity index is 980. The van der Waals surface area contributed by atoms with Crippen LogP contribution >= 0.6 is 34.5 Å². The van der Waals surface area contributed by atoms with Gasteiger partial charge in [-0.3, -0.25) is 4.79 Å². The number of halogens is 2. The summed E-state index contributed by atoms with van der Waals surface area (Å²) < 4.78 is 0. The lowest BCUT2D eigenvalue weighted by Crippen LogP contribution is -2.32. The van der Waals surface area contributed by atoms with Crippen molar-refractivity contribution in [1.82, 2.24) is 15.3 Å². The monoisotopic (exact) mass is 436 g/mol. The largest absolute Gasteiger partial charge is 0.391 e. The van der Waals surface area contributed by atoms with Gasteiger partial charge < -0.3 is 15.7 Å². The minimum absolute atomic E-state index is 0.114. The van der Waals surface area contributed by atoms with Gasteiger partial charge in [0.2, 0.25) is 5.95 Å². The molecule has 3 aromatic rings. The molecular formula is C19H18Cl2N4O2S. The first-order valence-corrected chi connectivity index (χ1v) is 10.0. The van der Waals surface area contributed by atoms with Crippen molar-refractivity contribution in [2.45, 2.75) is 12.5 Å². The number of aromatic nitrogens is 2. The summed E-state index contributed by atoms with van der Waals surface area (Å²) in [6.07, 6.45) is 1.22. The maximum Gasteiger partial charge on any atom is 0.261 e. The number of nitrogens with one attached hydrogen (secondary N) is 2. The Morgan fingerprint density at radius 2 is 2.07 bits per heavy atom. The Kier molecular flexibility index (Phi) is 6.85. The zero-order valence-electron chi connectivity index (χ0n) is 14.9. The second-order valence-electron chi connectivity index (χ2n) is 5.98. The molecule has 9 heteroatoms. The molecule has 3 rings (SSSR count). The Balaban J connectivity index is 1.58.